The number of carbonyl (C=O) groups is 4. The van der Waals surface area contributed by atoms with Gasteiger partial charge in [0, 0.05) is 48.1 Å². The Morgan fingerprint density at radius 2 is 1.83 bits per heavy atom. The van der Waals surface area contributed by atoms with Crippen molar-refractivity contribution in [1.82, 2.24) is 20.1 Å². The summed E-state index contributed by atoms with van der Waals surface area (Å²) in [7, 11) is 1.26. The molecule has 216 valence electrons. The third-order valence-electron chi connectivity index (χ3n) is 8.18. The number of H-pyrrole nitrogens is 1. The fourth-order valence-electron chi connectivity index (χ4n) is 5.97. The summed E-state index contributed by atoms with van der Waals surface area (Å²) in [6, 6.07) is 11.0. The van der Waals surface area contributed by atoms with E-state index >= 15 is 0 Å². The van der Waals surface area contributed by atoms with Crippen LogP contribution in [-0.4, -0.2) is 77.3 Å². The molecule has 1 saturated heterocycles. The summed E-state index contributed by atoms with van der Waals surface area (Å²) in [4.78, 5) is 59.8. The SMILES string of the molecule is COC(=O)C(Cc1c[nH]c2ccccc12)NC(=O)C1CN(C(=O)c2cccc(F)c2)CCN1C(=O)C1CCCCC1. The fraction of sp³-hybridized carbons (Fsp3) is 0.419. The highest BCUT2D eigenvalue weighted by molar-refractivity contribution is 5.96. The summed E-state index contributed by atoms with van der Waals surface area (Å²) in [6.07, 6.45) is 6.50. The van der Waals surface area contributed by atoms with E-state index in [1.807, 2.05) is 24.3 Å². The van der Waals surface area contributed by atoms with Crippen molar-refractivity contribution in [3.63, 3.8) is 0 Å². The molecular weight excluding hydrogens is 527 g/mol. The first kappa shape index (κ1) is 28.3. The number of methoxy groups -OCH3 is 1. The number of piperazine rings is 1. The van der Waals surface area contributed by atoms with Gasteiger partial charge >= 0.3 is 5.97 Å². The van der Waals surface area contributed by atoms with Crippen LogP contribution in [-0.2, 0) is 25.5 Å². The van der Waals surface area contributed by atoms with E-state index in [1.54, 1.807) is 11.1 Å². The molecule has 1 saturated carbocycles. The van der Waals surface area contributed by atoms with Crippen molar-refractivity contribution in [1.29, 1.82) is 0 Å². The molecule has 2 fully saturated rings. The molecular formula is C31H35FN4O5. The molecule has 1 aliphatic heterocycles. The van der Waals surface area contributed by atoms with Crippen molar-refractivity contribution in [2.45, 2.75) is 50.6 Å². The molecule has 0 radical (unpaired) electrons. The van der Waals surface area contributed by atoms with Crippen LogP contribution in [0, 0.1) is 11.7 Å². The van der Waals surface area contributed by atoms with Crippen LogP contribution in [0.1, 0.15) is 48.0 Å². The molecule has 2 heterocycles. The number of nitrogens with one attached hydrogen (secondary N) is 2. The molecule has 1 aromatic heterocycles. The molecule has 2 atom stereocenters. The normalized spacial score (nSPS) is 18.6. The lowest BCUT2D eigenvalue weighted by Gasteiger charge is -2.42. The summed E-state index contributed by atoms with van der Waals surface area (Å²) < 4.78 is 18.9. The average Bonchev–Trinajstić information content (AvgIpc) is 3.42. The minimum Gasteiger partial charge on any atom is -0.467 e. The van der Waals surface area contributed by atoms with Crippen molar-refractivity contribution >= 4 is 34.6 Å². The predicted molar refractivity (Wildman–Crippen MR) is 150 cm³/mol. The average molecular weight is 563 g/mol. The molecule has 10 heteroatoms. The molecule has 1 aliphatic carbocycles. The Morgan fingerprint density at radius 1 is 1.05 bits per heavy atom. The zero-order valence-corrected chi connectivity index (χ0v) is 23.1. The molecule has 9 nitrogen and oxygen atoms in total. The molecule has 2 N–H and O–H groups in total. The van der Waals surface area contributed by atoms with E-state index in [4.69, 9.17) is 4.74 Å². The van der Waals surface area contributed by atoms with E-state index in [0.29, 0.717) is 0 Å². The van der Waals surface area contributed by atoms with Crippen LogP contribution < -0.4 is 5.32 Å². The second-order valence-corrected chi connectivity index (χ2v) is 10.8. The number of hydrogen-bond acceptors (Lipinski definition) is 5. The Morgan fingerprint density at radius 3 is 2.59 bits per heavy atom. The summed E-state index contributed by atoms with van der Waals surface area (Å²) in [6.45, 7) is 0.313. The van der Waals surface area contributed by atoms with Crippen LogP contribution in [0.2, 0.25) is 0 Å². The van der Waals surface area contributed by atoms with Crippen LogP contribution in [0.15, 0.2) is 54.7 Å². The number of ether oxygens (including phenoxy) is 1. The van der Waals surface area contributed by atoms with Gasteiger partial charge in [-0.3, -0.25) is 14.4 Å². The summed E-state index contributed by atoms with van der Waals surface area (Å²) in [5.74, 6) is -2.38. The number of benzene rings is 2. The van der Waals surface area contributed by atoms with Crippen molar-refractivity contribution in [2.75, 3.05) is 26.7 Å². The van der Waals surface area contributed by atoms with E-state index in [2.05, 4.69) is 10.3 Å². The standard InChI is InChI=1S/C31H35FN4O5/c1-41-31(40)26(17-22-18-33-25-13-6-5-12-24(22)25)34-28(37)27-19-35(29(38)21-10-7-11-23(32)16-21)14-15-36(27)30(39)20-8-3-2-4-9-20/h5-7,10-13,16,18,20,26-27,33H,2-4,8-9,14-15,17,19H2,1H3,(H,34,37). The van der Waals surface area contributed by atoms with Crippen molar-refractivity contribution < 1.29 is 28.3 Å². The third-order valence-corrected chi connectivity index (χ3v) is 8.18. The number of esters is 1. The van der Waals surface area contributed by atoms with Crippen LogP contribution in [0.4, 0.5) is 4.39 Å². The fourth-order valence-corrected chi connectivity index (χ4v) is 5.97. The van der Waals surface area contributed by atoms with Gasteiger partial charge in [0.2, 0.25) is 11.8 Å². The van der Waals surface area contributed by atoms with Gasteiger partial charge in [0.15, 0.2) is 0 Å². The van der Waals surface area contributed by atoms with Crippen LogP contribution in [0.5, 0.6) is 0 Å². The number of rotatable bonds is 7. The molecule has 0 spiro atoms. The number of aromatic nitrogens is 1. The zero-order valence-electron chi connectivity index (χ0n) is 23.1. The molecule has 2 aromatic carbocycles. The van der Waals surface area contributed by atoms with Gasteiger partial charge in [-0.25, -0.2) is 9.18 Å². The molecule has 2 unspecified atom stereocenters. The topological polar surface area (TPSA) is 112 Å². The molecule has 41 heavy (non-hydrogen) atoms. The molecule has 2 aliphatic rings. The van der Waals surface area contributed by atoms with E-state index in [-0.39, 0.29) is 43.4 Å². The summed E-state index contributed by atoms with van der Waals surface area (Å²) in [5, 5.41) is 3.74. The van der Waals surface area contributed by atoms with Gasteiger partial charge < -0.3 is 24.8 Å². The van der Waals surface area contributed by atoms with Crippen LogP contribution >= 0.6 is 0 Å². The Hall–Kier alpha value is -4.21. The quantitative estimate of drug-likeness (QED) is 0.429. The molecule has 0 bridgehead atoms. The number of carbonyl (C=O) groups excluding carboxylic acids is 4. The van der Waals surface area contributed by atoms with E-state index in [1.165, 1.54) is 30.2 Å². The highest BCUT2D eigenvalue weighted by Crippen LogP contribution is 2.28. The predicted octanol–water partition coefficient (Wildman–Crippen LogP) is 3.44. The minimum atomic E-state index is -1.01. The van der Waals surface area contributed by atoms with Gasteiger partial charge in [0.25, 0.3) is 5.91 Å². The minimum absolute atomic E-state index is 0.0688. The summed E-state index contributed by atoms with van der Waals surface area (Å²) in [5.41, 5.74) is 1.90. The van der Waals surface area contributed by atoms with Gasteiger partial charge in [-0.05, 0) is 42.7 Å². The lowest BCUT2D eigenvalue weighted by molar-refractivity contribution is -0.150. The maximum absolute atomic E-state index is 13.9. The molecule has 3 aromatic rings. The molecule has 5 rings (SSSR count). The number of fused-ring (bicyclic) bond motifs is 1. The summed E-state index contributed by atoms with van der Waals surface area (Å²) >= 11 is 0. The number of nitrogens with zero attached hydrogens (tertiary/aromatic N) is 2. The van der Waals surface area contributed by atoms with E-state index < -0.39 is 35.7 Å². The molecule has 3 amide bonds. The number of hydrogen-bond donors (Lipinski definition) is 2. The van der Waals surface area contributed by atoms with Gasteiger partial charge in [-0.15, -0.1) is 0 Å². The zero-order chi connectivity index (χ0) is 28.9. The monoisotopic (exact) mass is 562 g/mol. The Labute approximate surface area is 238 Å². The first-order valence-corrected chi connectivity index (χ1v) is 14.1. The maximum Gasteiger partial charge on any atom is 0.328 e. The Balaban J connectivity index is 1.39. The van der Waals surface area contributed by atoms with Crippen molar-refractivity contribution in [3.8, 4) is 0 Å². The first-order chi connectivity index (χ1) is 19.9. The largest absolute Gasteiger partial charge is 0.467 e. The number of halogens is 1. The number of aromatic amines is 1. The second-order valence-electron chi connectivity index (χ2n) is 10.8. The third kappa shape index (κ3) is 6.26. The second kappa shape index (κ2) is 12.5. The van der Waals surface area contributed by atoms with Crippen molar-refractivity contribution in [3.05, 3.63) is 71.7 Å². The first-order valence-electron chi connectivity index (χ1n) is 14.1. The van der Waals surface area contributed by atoms with Gasteiger partial charge in [0.1, 0.15) is 17.9 Å². The van der Waals surface area contributed by atoms with Gasteiger partial charge in [0.05, 0.1) is 13.7 Å². The smallest absolute Gasteiger partial charge is 0.328 e. The highest BCUT2D eigenvalue weighted by atomic mass is 19.1. The lowest BCUT2D eigenvalue weighted by atomic mass is 9.87. The number of para-hydroxylation sites is 1. The Kier molecular flexibility index (Phi) is 8.66. The van der Waals surface area contributed by atoms with E-state index in [0.717, 1.165) is 54.6 Å². The van der Waals surface area contributed by atoms with Crippen LogP contribution in [0.3, 0.4) is 0 Å². The van der Waals surface area contributed by atoms with Gasteiger partial charge in [-0.1, -0.05) is 43.5 Å². The van der Waals surface area contributed by atoms with Crippen molar-refractivity contribution in [2.24, 2.45) is 5.92 Å². The Bertz CT molecular complexity index is 1430. The lowest BCUT2D eigenvalue weighted by Crippen LogP contribution is -2.63. The van der Waals surface area contributed by atoms with Gasteiger partial charge in [-0.2, -0.15) is 0 Å². The van der Waals surface area contributed by atoms with Crippen LogP contribution in [0.25, 0.3) is 10.9 Å². The number of amides is 3. The maximum atomic E-state index is 13.9. The highest BCUT2D eigenvalue weighted by Gasteiger charge is 2.41. The van der Waals surface area contributed by atoms with E-state index in [9.17, 15) is 23.6 Å².